The SMILES string of the molecule is C=Cc1ccc(-c2ccc(C3CC(C(=O)O)C3)cc2)cc1.CCc1nccn1CCO. The van der Waals surface area contributed by atoms with Crippen LogP contribution >= 0.6 is 0 Å². The molecule has 0 radical (unpaired) electrons. The number of hydrogen-bond acceptors (Lipinski definition) is 3. The van der Waals surface area contributed by atoms with E-state index in [1.54, 1.807) is 6.20 Å². The molecule has 0 amide bonds. The molecule has 0 bridgehead atoms. The summed E-state index contributed by atoms with van der Waals surface area (Å²) in [5, 5.41) is 17.5. The van der Waals surface area contributed by atoms with Crippen molar-refractivity contribution in [1.82, 2.24) is 9.55 Å². The van der Waals surface area contributed by atoms with Crippen molar-refractivity contribution in [3.63, 3.8) is 0 Å². The van der Waals surface area contributed by atoms with Gasteiger partial charge in [-0.15, -0.1) is 0 Å². The maximum absolute atomic E-state index is 10.8. The van der Waals surface area contributed by atoms with Crippen LogP contribution in [0.1, 0.15) is 42.6 Å². The molecule has 0 saturated heterocycles. The molecule has 1 aliphatic carbocycles. The van der Waals surface area contributed by atoms with Crippen LogP contribution in [-0.2, 0) is 17.8 Å². The summed E-state index contributed by atoms with van der Waals surface area (Å²) in [6.45, 7) is 6.65. The molecule has 1 saturated carbocycles. The third-order valence-electron chi connectivity index (χ3n) is 5.81. The first-order valence-electron chi connectivity index (χ1n) is 10.7. The minimum Gasteiger partial charge on any atom is -0.481 e. The Morgan fingerprint density at radius 2 is 1.74 bits per heavy atom. The number of nitrogens with zero attached hydrogens (tertiary/aromatic N) is 2. The number of imidazole rings is 1. The third kappa shape index (κ3) is 5.70. The molecule has 1 aliphatic rings. The highest BCUT2D eigenvalue weighted by atomic mass is 16.4. The second-order valence-electron chi connectivity index (χ2n) is 7.77. The maximum Gasteiger partial charge on any atom is 0.306 e. The van der Waals surface area contributed by atoms with E-state index in [1.165, 1.54) is 16.7 Å². The largest absolute Gasteiger partial charge is 0.481 e. The predicted octanol–water partition coefficient (Wildman–Crippen LogP) is 5.01. The second-order valence-corrected chi connectivity index (χ2v) is 7.77. The Morgan fingerprint density at radius 1 is 1.13 bits per heavy atom. The quantitative estimate of drug-likeness (QED) is 0.565. The van der Waals surface area contributed by atoms with Gasteiger partial charge in [0.25, 0.3) is 0 Å². The highest BCUT2D eigenvalue weighted by Crippen LogP contribution is 2.42. The summed E-state index contributed by atoms with van der Waals surface area (Å²) in [7, 11) is 0. The van der Waals surface area contributed by atoms with E-state index in [1.807, 2.05) is 16.8 Å². The molecule has 1 aromatic heterocycles. The van der Waals surface area contributed by atoms with E-state index in [0.717, 1.165) is 30.7 Å². The van der Waals surface area contributed by atoms with E-state index in [2.05, 4.69) is 67.0 Å². The minimum absolute atomic E-state index is 0.152. The summed E-state index contributed by atoms with van der Waals surface area (Å²) in [5.74, 6) is 0.628. The Bertz CT molecular complexity index is 984. The van der Waals surface area contributed by atoms with Crippen molar-refractivity contribution < 1.29 is 15.0 Å². The van der Waals surface area contributed by atoms with Gasteiger partial charge in [0.2, 0.25) is 0 Å². The van der Waals surface area contributed by atoms with Crippen molar-refractivity contribution in [3.8, 4) is 11.1 Å². The first-order valence-corrected chi connectivity index (χ1v) is 10.7. The second kappa shape index (κ2) is 10.7. The minimum atomic E-state index is -0.662. The first kappa shape index (κ1) is 22.5. The number of hydrogen-bond donors (Lipinski definition) is 2. The zero-order valence-electron chi connectivity index (χ0n) is 17.9. The van der Waals surface area contributed by atoms with Gasteiger partial charge in [-0.05, 0) is 41.0 Å². The smallest absolute Gasteiger partial charge is 0.306 e. The summed E-state index contributed by atoms with van der Waals surface area (Å²) in [6.07, 6.45) is 7.93. The monoisotopic (exact) mass is 418 g/mol. The number of benzene rings is 2. The van der Waals surface area contributed by atoms with E-state index < -0.39 is 5.97 Å². The molecule has 162 valence electrons. The standard InChI is InChI=1S/C19H18O2.C7H12N2O/c1-2-13-3-5-14(6-4-13)15-7-9-16(10-8-15)17-11-18(12-17)19(20)21;1-2-7-8-3-4-9(7)5-6-10/h2-10,17-18H,1,11-12H2,(H,20,21);3-4,10H,2,5-6H2,1H3. The number of carboxylic acid groups (broad SMARTS) is 1. The van der Waals surface area contributed by atoms with Gasteiger partial charge in [0.05, 0.1) is 12.5 Å². The number of aromatic nitrogens is 2. The molecule has 0 unspecified atom stereocenters. The van der Waals surface area contributed by atoms with Crippen molar-refractivity contribution in [2.45, 2.75) is 38.6 Å². The van der Waals surface area contributed by atoms with Gasteiger partial charge < -0.3 is 14.8 Å². The lowest BCUT2D eigenvalue weighted by molar-refractivity contribution is -0.145. The molecular weight excluding hydrogens is 388 g/mol. The topological polar surface area (TPSA) is 75.3 Å². The molecular formula is C26H30N2O3. The Morgan fingerprint density at radius 3 is 2.26 bits per heavy atom. The number of aliphatic hydroxyl groups is 1. The molecule has 1 fully saturated rings. The molecule has 0 aliphatic heterocycles. The summed E-state index contributed by atoms with van der Waals surface area (Å²) in [4.78, 5) is 14.9. The fraction of sp³-hybridized carbons (Fsp3) is 0.308. The van der Waals surface area contributed by atoms with Gasteiger partial charge in [-0.1, -0.05) is 68.1 Å². The van der Waals surface area contributed by atoms with Crippen LogP contribution in [0, 0.1) is 5.92 Å². The molecule has 0 atom stereocenters. The van der Waals surface area contributed by atoms with Gasteiger partial charge >= 0.3 is 5.97 Å². The van der Waals surface area contributed by atoms with Crippen molar-refractivity contribution in [2.75, 3.05) is 6.61 Å². The number of carboxylic acids is 1. The predicted molar refractivity (Wildman–Crippen MR) is 124 cm³/mol. The number of rotatable bonds is 7. The van der Waals surface area contributed by atoms with Gasteiger partial charge in [-0.3, -0.25) is 4.79 Å². The van der Waals surface area contributed by atoms with E-state index >= 15 is 0 Å². The van der Waals surface area contributed by atoms with Crippen LogP contribution < -0.4 is 0 Å². The average molecular weight is 419 g/mol. The zero-order chi connectivity index (χ0) is 22.2. The van der Waals surface area contributed by atoms with Crippen molar-refractivity contribution in [3.05, 3.63) is 84.5 Å². The van der Waals surface area contributed by atoms with Gasteiger partial charge in [-0.2, -0.15) is 0 Å². The molecule has 5 heteroatoms. The van der Waals surface area contributed by atoms with Crippen LogP contribution in [0.5, 0.6) is 0 Å². The lowest BCUT2D eigenvalue weighted by Gasteiger charge is -2.32. The van der Waals surface area contributed by atoms with Crippen LogP contribution in [-0.4, -0.2) is 32.3 Å². The molecule has 3 aromatic rings. The van der Waals surface area contributed by atoms with Crippen molar-refractivity contribution in [2.24, 2.45) is 5.92 Å². The van der Waals surface area contributed by atoms with Gasteiger partial charge in [-0.25, -0.2) is 4.98 Å². The lowest BCUT2D eigenvalue weighted by atomic mass is 9.71. The summed E-state index contributed by atoms with van der Waals surface area (Å²) >= 11 is 0. The van der Waals surface area contributed by atoms with Gasteiger partial charge in [0.1, 0.15) is 5.82 Å². The summed E-state index contributed by atoms with van der Waals surface area (Å²) in [6, 6.07) is 16.8. The number of aliphatic carboxylic acids is 1. The van der Waals surface area contributed by atoms with Gasteiger partial charge in [0.15, 0.2) is 0 Å². The maximum atomic E-state index is 10.8. The summed E-state index contributed by atoms with van der Waals surface area (Å²) in [5.41, 5.74) is 4.73. The van der Waals surface area contributed by atoms with Crippen LogP contribution in [0.4, 0.5) is 0 Å². The number of aryl methyl sites for hydroxylation is 1. The Balaban J connectivity index is 0.000000229. The molecule has 5 nitrogen and oxygen atoms in total. The highest BCUT2D eigenvalue weighted by Gasteiger charge is 2.35. The van der Waals surface area contributed by atoms with Crippen LogP contribution in [0.25, 0.3) is 17.2 Å². The van der Waals surface area contributed by atoms with Gasteiger partial charge in [0, 0.05) is 25.4 Å². The van der Waals surface area contributed by atoms with Crippen LogP contribution in [0.15, 0.2) is 67.5 Å². The fourth-order valence-corrected chi connectivity index (χ4v) is 3.82. The van der Waals surface area contributed by atoms with E-state index in [9.17, 15) is 4.79 Å². The van der Waals surface area contributed by atoms with Crippen molar-refractivity contribution in [1.29, 1.82) is 0 Å². The zero-order valence-corrected chi connectivity index (χ0v) is 17.9. The third-order valence-corrected chi connectivity index (χ3v) is 5.81. The molecule has 0 spiro atoms. The van der Waals surface area contributed by atoms with Crippen LogP contribution in [0.3, 0.4) is 0 Å². The molecule has 4 rings (SSSR count). The molecule has 2 N–H and O–H groups in total. The average Bonchev–Trinajstić information content (AvgIpc) is 3.21. The molecule has 2 aromatic carbocycles. The van der Waals surface area contributed by atoms with Crippen LogP contribution in [0.2, 0.25) is 0 Å². The Kier molecular flexibility index (Phi) is 7.79. The highest BCUT2D eigenvalue weighted by molar-refractivity contribution is 5.71. The lowest BCUT2D eigenvalue weighted by Crippen LogP contribution is -2.28. The Hall–Kier alpha value is -3.18. The molecule has 1 heterocycles. The number of aliphatic hydroxyl groups excluding tert-OH is 1. The molecule has 31 heavy (non-hydrogen) atoms. The van der Waals surface area contributed by atoms with E-state index in [4.69, 9.17) is 10.2 Å². The fourth-order valence-electron chi connectivity index (χ4n) is 3.82. The number of carbonyl (C=O) groups is 1. The Labute approximate surface area is 183 Å². The summed E-state index contributed by atoms with van der Waals surface area (Å²) < 4.78 is 1.96. The normalized spacial score (nSPS) is 17.2. The first-order chi connectivity index (χ1) is 15.0. The van der Waals surface area contributed by atoms with Crippen molar-refractivity contribution >= 4 is 12.0 Å². The van der Waals surface area contributed by atoms with E-state index in [0.29, 0.717) is 12.5 Å². The van der Waals surface area contributed by atoms with E-state index in [-0.39, 0.29) is 12.5 Å².